The molecule has 0 aliphatic rings. The summed E-state index contributed by atoms with van der Waals surface area (Å²) in [5, 5.41) is 10.2. The summed E-state index contributed by atoms with van der Waals surface area (Å²) in [6, 6.07) is 10.3. The van der Waals surface area contributed by atoms with Crippen LogP contribution in [-0.4, -0.2) is 11.6 Å². The van der Waals surface area contributed by atoms with Gasteiger partial charge in [-0.15, -0.1) is 11.8 Å². The van der Waals surface area contributed by atoms with E-state index in [0.717, 1.165) is 38.9 Å². The lowest BCUT2D eigenvalue weighted by atomic mass is 10.1. The maximum atomic E-state index is 9.42. The number of ether oxygens (including phenoxy) is 1. The van der Waals surface area contributed by atoms with Crippen molar-refractivity contribution in [2.75, 3.05) is 6.61 Å². The Hall–Kier alpha value is -1.99. The van der Waals surface area contributed by atoms with Crippen molar-refractivity contribution in [2.24, 2.45) is 0 Å². The number of aromatic nitrogens is 1. The fourth-order valence-electron chi connectivity index (χ4n) is 2.21. The summed E-state index contributed by atoms with van der Waals surface area (Å²) in [5.41, 5.74) is 4.90. The first-order chi connectivity index (χ1) is 10.6. The van der Waals surface area contributed by atoms with Crippen molar-refractivity contribution in [1.29, 1.82) is 5.26 Å². The molecule has 0 atom stereocenters. The van der Waals surface area contributed by atoms with Gasteiger partial charge in [-0.2, -0.15) is 5.26 Å². The smallest absolute Gasteiger partial charge is 0.123 e. The molecule has 0 fully saturated rings. The largest absolute Gasteiger partial charge is 0.494 e. The van der Waals surface area contributed by atoms with Gasteiger partial charge < -0.3 is 4.74 Å². The lowest BCUT2D eigenvalue weighted by Crippen LogP contribution is -2.00. The molecular formula is C18H20N2OS. The predicted molar refractivity (Wildman–Crippen MR) is 90.3 cm³/mol. The second kappa shape index (κ2) is 7.33. The highest BCUT2D eigenvalue weighted by Gasteiger charge is 2.13. The molecule has 0 saturated heterocycles. The maximum absolute atomic E-state index is 9.42. The summed E-state index contributed by atoms with van der Waals surface area (Å²) in [6.07, 6.45) is 0. The van der Waals surface area contributed by atoms with Gasteiger partial charge in [-0.3, -0.25) is 0 Å². The lowest BCUT2D eigenvalue weighted by molar-refractivity contribution is 0.337. The molecule has 3 nitrogen and oxygen atoms in total. The van der Waals surface area contributed by atoms with Crippen LogP contribution >= 0.6 is 11.8 Å². The molecule has 0 unspecified atom stereocenters. The number of nitrogens with zero attached hydrogens (tertiary/aromatic N) is 2. The third kappa shape index (κ3) is 3.42. The first-order valence-corrected chi connectivity index (χ1v) is 8.28. The van der Waals surface area contributed by atoms with Gasteiger partial charge in [0.05, 0.1) is 12.2 Å². The van der Waals surface area contributed by atoms with Crippen LogP contribution in [0, 0.1) is 32.1 Å². The molecule has 0 spiro atoms. The van der Waals surface area contributed by atoms with Crippen LogP contribution in [0.15, 0.2) is 29.3 Å². The highest BCUT2D eigenvalue weighted by Crippen LogP contribution is 2.31. The standard InChI is InChI=1S/C18H20N2OS/c1-5-21-17-9-7-6-8-15(17)11-22-18-16(10-19)13(3)12(2)14(4)20-18/h6-9H,5,11H2,1-4H3. The van der Waals surface area contributed by atoms with Crippen LogP contribution in [-0.2, 0) is 5.75 Å². The Morgan fingerprint density at radius 3 is 2.59 bits per heavy atom. The molecule has 4 heteroatoms. The van der Waals surface area contributed by atoms with Crippen molar-refractivity contribution in [3.8, 4) is 11.8 Å². The molecule has 0 amide bonds. The third-order valence-electron chi connectivity index (χ3n) is 3.71. The summed E-state index contributed by atoms with van der Waals surface area (Å²) in [4.78, 5) is 4.59. The monoisotopic (exact) mass is 312 g/mol. The van der Waals surface area contributed by atoms with E-state index < -0.39 is 0 Å². The predicted octanol–water partition coefficient (Wildman–Crippen LogP) is 4.57. The molecule has 0 radical (unpaired) electrons. The Morgan fingerprint density at radius 1 is 1.18 bits per heavy atom. The average molecular weight is 312 g/mol. The van der Waals surface area contributed by atoms with E-state index >= 15 is 0 Å². The van der Waals surface area contributed by atoms with E-state index in [1.165, 1.54) is 0 Å². The van der Waals surface area contributed by atoms with Crippen LogP contribution in [0.3, 0.4) is 0 Å². The van der Waals surface area contributed by atoms with Gasteiger partial charge in [0.15, 0.2) is 0 Å². The Balaban J connectivity index is 2.28. The van der Waals surface area contributed by atoms with Gasteiger partial charge in [0, 0.05) is 17.0 Å². The molecule has 1 heterocycles. The van der Waals surface area contributed by atoms with Gasteiger partial charge in [0.2, 0.25) is 0 Å². The number of thioether (sulfide) groups is 1. The summed E-state index contributed by atoms with van der Waals surface area (Å²) in [7, 11) is 0. The average Bonchev–Trinajstić information content (AvgIpc) is 2.52. The van der Waals surface area contributed by atoms with E-state index in [-0.39, 0.29) is 0 Å². The van der Waals surface area contributed by atoms with Gasteiger partial charge in [-0.1, -0.05) is 18.2 Å². The lowest BCUT2D eigenvalue weighted by Gasteiger charge is -2.12. The zero-order chi connectivity index (χ0) is 16.1. The minimum Gasteiger partial charge on any atom is -0.494 e. The van der Waals surface area contributed by atoms with Crippen LogP contribution in [0.25, 0.3) is 0 Å². The summed E-state index contributed by atoms with van der Waals surface area (Å²) >= 11 is 1.59. The van der Waals surface area contributed by atoms with Gasteiger partial charge >= 0.3 is 0 Å². The highest BCUT2D eigenvalue weighted by atomic mass is 32.2. The molecule has 114 valence electrons. The molecule has 0 saturated carbocycles. The molecule has 0 N–H and O–H groups in total. The summed E-state index contributed by atoms with van der Waals surface area (Å²) in [6.45, 7) is 8.61. The van der Waals surface area contributed by atoms with Gasteiger partial charge in [-0.25, -0.2) is 4.98 Å². The number of hydrogen-bond donors (Lipinski definition) is 0. The fourth-order valence-corrected chi connectivity index (χ4v) is 3.29. The molecule has 0 aliphatic carbocycles. The number of para-hydroxylation sites is 1. The zero-order valence-corrected chi connectivity index (χ0v) is 14.3. The Kier molecular flexibility index (Phi) is 5.46. The molecular weight excluding hydrogens is 292 g/mol. The molecule has 22 heavy (non-hydrogen) atoms. The normalized spacial score (nSPS) is 10.3. The third-order valence-corrected chi connectivity index (χ3v) is 4.74. The van der Waals surface area contributed by atoms with Crippen molar-refractivity contribution in [1.82, 2.24) is 4.98 Å². The van der Waals surface area contributed by atoms with E-state index in [0.29, 0.717) is 12.2 Å². The van der Waals surface area contributed by atoms with E-state index in [1.54, 1.807) is 11.8 Å². The van der Waals surface area contributed by atoms with Crippen molar-refractivity contribution in [3.05, 3.63) is 52.2 Å². The first-order valence-electron chi connectivity index (χ1n) is 7.29. The van der Waals surface area contributed by atoms with Crippen molar-refractivity contribution in [3.63, 3.8) is 0 Å². The second-order valence-electron chi connectivity index (χ2n) is 5.07. The van der Waals surface area contributed by atoms with Crippen LogP contribution in [0.2, 0.25) is 0 Å². The van der Waals surface area contributed by atoms with Crippen LogP contribution in [0.5, 0.6) is 5.75 Å². The van der Waals surface area contributed by atoms with Crippen molar-refractivity contribution >= 4 is 11.8 Å². The second-order valence-corrected chi connectivity index (χ2v) is 6.03. The van der Waals surface area contributed by atoms with Crippen LogP contribution in [0.1, 0.15) is 34.9 Å². The number of nitriles is 1. The Labute approximate surface area is 136 Å². The minimum atomic E-state index is 0.645. The Morgan fingerprint density at radius 2 is 1.91 bits per heavy atom. The van der Waals surface area contributed by atoms with E-state index in [4.69, 9.17) is 4.74 Å². The van der Waals surface area contributed by atoms with E-state index in [1.807, 2.05) is 45.9 Å². The summed E-state index contributed by atoms with van der Waals surface area (Å²) in [5.74, 6) is 1.64. The maximum Gasteiger partial charge on any atom is 0.123 e. The van der Waals surface area contributed by atoms with E-state index in [9.17, 15) is 5.26 Å². The number of aryl methyl sites for hydroxylation is 1. The number of pyridine rings is 1. The van der Waals surface area contributed by atoms with Crippen molar-refractivity contribution in [2.45, 2.75) is 38.5 Å². The number of benzene rings is 1. The van der Waals surface area contributed by atoms with Gasteiger partial charge in [0.25, 0.3) is 0 Å². The molecule has 1 aromatic carbocycles. The molecule has 0 aliphatic heterocycles. The van der Waals surface area contributed by atoms with Gasteiger partial charge in [0.1, 0.15) is 16.8 Å². The van der Waals surface area contributed by atoms with Gasteiger partial charge in [-0.05, 0) is 44.9 Å². The minimum absolute atomic E-state index is 0.645. The first kappa shape index (κ1) is 16.4. The Bertz CT molecular complexity index is 720. The molecule has 2 rings (SSSR count). The highest BCUT2D eigenvalue weighted by molar-refractivity contribution is 7.98. The molecule has 1 aromatic heterocycles. The van der Waals surface area contributed by atoms with Crippen LogP contribution in [0.4, 0.5) is 0 Å². The SMILES string of the molecule is CCOc1ccccc1CSc1nc(C)c(C)c(C)c1C#N. The van der Waals surface area contributed by atoms with Crippen molar-refractivity contribution < 1.29 is 4.74 Å². The molecule has 0 bridgehead atoms. The van der Waals surface area contributed by atoms with E-state index in [2.05, 4.69) is 17.1 Å². The number of rotatable bonds is 5. The molecule has 2 aromatic rings. The van der Waals surface area contributed by atoms with Crippen LogP contribution < -0.4 is 4.74 Å². The fraction of sp³-hybridized carbons (Fsp3) is 0.333. The number of hydrogen-bond acceptors (Lipinski definition) is 4. The quantitative estimate of drug-likeness (QED) is 0.759. The zero-order valence-electron chi connectivity index (χ0n) is 13.4. The topological polar surface area (TPSA) is 45.9 Å². The summed E-state index contributed by atoms with van der Waals surface area (Å²) < 4.78 is 5.65.